The van der Waals surface area contributed by atoms with Crippen LogP contribution in [0.25, 0.3) is 0 Å². The zero-order valence-corrected chi connectivity index (χ0v) is 15.4. The maximum absolute atomic E-state index is 4.90. The highest BCUT2D eigenvalue weighted by Crippen LogP contribution is 2.42. The fourth-order valence-corrected chi connectivity index (χ4v) is 4.42. The predicted octanol–water partition coefficient (Wildman–Crippen LogP) is 3.32. The Kier molecular flexibility index (Phi) is 5.80. The van der Waals surface area contributed by atoms with Gasteiger partial charge in [-0.25, -0.2) is 4.99 Å². The van der Waals surface area contributed by atoms with Crippen LogP contribution in [-0.4, -0.2) is 40.3 Å². The summed E-state index contributed by atoms with van der Waals surface area (Å²) >= 11 is 0. The van der Waals surface area contributed by atoms with E-state index in [-0.39, 0.29) is 0 Å². The molecule has 1 saturated heterocycles. The van der Waals surface area contributed by atoms with E-state index in [2.05, 4.69) is 28.4 Å². The molecule has 1 saturated carbocycles. The highest BCUT2D eigenvalue weighted by atomic mass is 15.3. The van der Waals surface area contributed by atoms with Crippen LogP contribution in [0.15, 0.2) is 17.4 Å². The van der Waals surface area contributed by atoms with Gasteiger partial charge < -0.3 is 10.2 Å². The van der Waals surface area contributed by atoms with Gasteiger partial charge in [0.15, 0.2) is 5.96 Å². The molecule has 0 unspecified atom stereocenters. The van der Waals surface area contributed by atoms with Crippen LogP contribution in [0.1, 0.15) is 63.9 Å². The van der Waals surface area contributed by atoms with Gasteiger partial charge in [0.05, 0.1) is 12.7 Å². The summed E-state index contributed by atoms with van der Waals surface area (Å²) in [5, 5.41) is 7.76. The number of hydrogen-bond donors (Lipinski definition) is 1. The summed E-state index contributed by atoms with van der Waals surface area (Å²) in [4.78, 5) is 7.42. The van der Waals surface area contributed by atoms with Crippen molar-refractivity contribution in [1.29, 1.82) is 0 Å². The molecule has 5 nitrogen and oxygen atoms in total. The second kappa shape index (κ2) is 8.04. The fraction of sp³-hybridized carbons (Fsp3) is 0.789. The third-order valence-electron chi connectivity index (χ3n) is 5.63. The number of nitrogens with zero attached hydrogens (tertiary/aromatic N) is 4. The molecule has 1 aromatic heterocycles. The molecule has 1 spiro atoms. The normalized spacial score (nSPS) is 21.8. The average molecular weight is 332 g/mol. The minimum atomic E-state index is 0.541. The maximum Gasteiger partial charge on any atom is 0.194 e. The Morgan fingerprint density at radius 1 is 1.21 bits per heavy atom. The van der Waals surface area contributed by atoms with Gasteiger partial charge in [0, 0.05) is 38.4 Å². The number of piperidine rings is 1. The van der Waals surface area contributed by atoms with Gasteiger partial charge in [0.25, 0.3) is 0 Å². The van der Waals surface area contributed by atoms with E-state index in [1.165, 1.54) is 63.5 Å². The van der Waals surface area contributed by atoms with E-state index >= 15 is 0 Å². The summed E-state index contributed by atoms with van der Waals surface area (Å²) in [6.45, 7) is 6.12. The molecule has 1 aromatic rings. The van der Waals surface area contributed by atoms with Gasteiger partial charge in [-0.15, -0.1) is 0 Å². The van der Waals surface area contributed by atoms with Crippen LogP contribution in [0.5, 0.6) is 0 Å². The molecule has 0 aromatic carbocycles. The number of rotatable bonds is 3. The number of guanidine groups is 1. The first kappa shape index (κ1) is 17.3. The SMILES string of the molecule is CCNC(=NCc1cnn(C)c1)N1CCCC2(CCCCCC2)C1. The molecule has 0 bridgehead atoms. The Morgan fingerprint density at radius 3 is 2.62 bits per heavy atom. The van der Waals surface area contributed by atoms with Crippen molar-refractivity contribution in [2.24, 2.45) is 17.5 Å². The average Bonchev–Trinajstić information content (AvgIpc) is 2.87. The molecular weight excluding hydrogens is 298 g/mol. The molecular formula is C19H33N5. The third-order valence-corrected chi connectivity index (χ3v) is 5.63. The molecule has 2 heterocycles. The van der Waals surface area contributed by atoms with Crippen molar-refractivity contribution in [1.82, 2.24) is 20.0 Å². The van der Waals surface area contributed by atoms with Gasteiger partial charge in [-0.2, -0.15) is 5.10 Å². The molecule has 3 rings (SSSR count). The van der Waals surface area contributed by atoms with Crippen LogP contribution in [-0.2, 0) is 13.6 Å². The molecule has 0 radical (unpaired) electrons. The number of aromatic nitrogens is 2. The van der Waals surface area contributed by atoms with Crippen molar-refractivity contribution >= 4 is 5.96 Å². The van der Waals surface area contributed by atoms with Crippen molar-refractivity contribution in [3.05, 3.63) is 18.0 Å². The number of nitrogens with one attached hydrogen (secondary N) is 1. The summed E-state index contributed by atoms with van der Waals surface area (Å²) in [5.41, 5.74) is 1.72. The number of likely N-dealkylation sites (tertiary alicyclic amines) is 1. The first-order valence-electron chi connectivity index (χ1n) is 9.72. The van der Waals surface area contributed by atoms with Gasteiger partial charge >= 0.3 is 0 Å². The van der Waals surface area contributed by atoms with Crippen molar-refractivity contribution in [2.45, 2.75) is 64.8 Å². The van der Waals surface area contributed by atoms with Gasteiger partial charge in [-0.1, -0.05) is 25.7 Å². The minimum absolute atomic E-state index is 0.541. The van der Waals surface area contributed by atoms with Crippen LogP contribution in [0.2, 0.25) is 0 Å². The third kappa shape index (κ3) is 4.31. The Hall–Kier alpha value is -1.52. The topological polar surface area (TPSA) is 45.5 Å². The van der Waals surface area contributed by atoms with E-state index in [0.29, 0.717) is 12.0 Å². The molecule has 1 N–H and O–H groups in total. The molecule has 134 valence electrons. The fourth-order valence-electron chi connectivity index (χ4n) is 4.42. The summed E-state index contributed by atoms with van der Waals surface area (Å²) in [6, 6.07) is 0. The quantitative estimate of drug-likeness (QED) is 0.682. The first-order chi connectivity index (χ1) is 11.7. The van der Waals surface area contributed by atoms with E-state index in [4.69, 9.17) is 4.99 Å². The first-order valence-corrected chi connectivity index (χ1v) is 9.72. The van der Waals surface area contributed by atoms with Crippen LogP contribution in [0, 0.1) is 5.41 Å². The molecule has 24 heavy (non-hydrogen) atoms. The second-order valence-electron chi connectivity index (χ2n) is 7.63. The lowest BCUT2D eigenvalue weighted by molar-refractivity contribution is 0.115. The van der Waals surface area contributed by atoms with Crippen molar-refractivity contribution in [2.75, 3.05) is 19.6 Å². The largest absolute Gasteiger partial charge is 0.357 e. The van der Waals surface area contributed by atoms with Crippen LogP contribution in [0.3, 0.4) is 0 Å². The molecule has 1 aliphatic carbocycles. The Morgan fingerprint density at radius 2 is 1.96 bits per heavy atom. The summed E-state index contributed by atoms with van der Waals surface area (Å²) in [6.07, 6.45) is 15.2. The molecule has 2 aliphatic rings. The highest BCUT2D eigenvalue weighted by molar-refractivity contribution is 5.80. The minimum Gasteiger partial charge on any atom is -0.357 e. The van der Waals surface area contributed by atoms with Crippen molar-refractivity contribution in [3.63, 3.8) is 0 Å². The van der Waals surface area contributed by atoms with Gasteiger partial charge in [0.1, 0.15) is 0 Å². The number of hydrogen-bond acceptors (Lipinski definition) is 2. The highest BCUT2D eigenvalue weighted by Gasteiger charge is 2.36. The lowest BCUT2D eigenvalue weighted by Gasteiger charge is -2.44. The van der Waals surface area contributed by atoms with E-state index in [1.807, 2.05) is 17.9 Å². The van der Waals surface area contributed by atoms with Crippen molar-refractivity contribution < 1.29 is 0 Å². The molecule has 2 fully saturated rings. The molecule has 5 heteroatoms. The maximum atomic E-state index is 4.90. The predicted molar refractivity (Wildman–Crippen MR) is 99.0 cm³/mol. The number of aliphatic imine (C=N–C) groups is 1. The lowest BCUT2D eigenvalue weighted by Crippen LogP contribution is -2.50. The molecule has 1 aliphatic heterocycles. The van der Waals surface area contributed by atoms with Crippen LogP contribution in [0.4, 0.5) is 0 Å². The van der Waals surface area contributed by atoms with Crippen LogP contribution < -0.4 is 5.32 Å². The summed E-state index contributed by atoms with van der Waals surface area (Å²) in [7, 11) is 1.96. The van der Waals surface area contributed by atoms with Gasteiger partial charge in [0.2, 0.25) is 0 Å². The summed E-state index contributed by atoms with van der Waals surface area (Å²) in [5.74, 6) is 1.09. The standard InChI is InChI=1S/C19H33N5/c1-3-20-18(21-13-17-14-22-23(2)15-17)24-12-8-11-19(16-24)9-6-4-5-7-10-19/h14-15H,3-13,16H2,1-2H3,(H,20,21). The van der Waals surface area contributed by atoms with Gasteiger partial charge in [-0.3, -0.25) is 4.68 Å². The summed E-state index contributed by atoms with van der Waals surface area (Å²) < 4.78 is 1.85. The molecule has 0 atom stereocenters. The zero-order valence-electron chi connectivity index (χ0n) is 15.4. The molecule has 0 amide bonds. The lowest BCUT2D eigenvalue weighted by atomic mass is 9.74. The monoisotopic (exact) mass is 331 g/mol. The second-order valence-corrected chi connectivity index (χ2v) is 7.63. The Balaban J connectivity index is 1.69. The van der Waals surface area contributed by atoms with Gasteiger partial charge in [-0.05, 0) is 38.0 Å². The number of aryl methyl sites for hydroxylation is 1. The van der Waals surface area contributed by atoms with E-state index in [1.54, 1.807) is 0 Å². The van der Waals surface area contributed by atoms with E-state index in [9.17, 15) is 0 Å². The van der Waals surface area contributed by atoms with Crippen molar-refractivity contribution in [3.8, 4) is 0 Å². The zero-order chi connectivity index (χ0) is 16.8. The van der Waals surface area contributed by atoms with E-state index < -0.39 is 0 Å². The Labute approximate surface area is 146 Å². The van der Waals surface area contributed by atoms with E-state index in [0.717, 1.165) is 19.0 Å². The Bertz CT molecular complexity index is 540. The van der Waals surface area contributed by atoms with Crippen LogP contribution >= 0.6 is 0 Å². The smallest absolute Gasteiger partial charge is 0.194 e.